The van der Waals surface area contributed by atoms with Crippen molar-refractivity contribution in [1.29, 1.82) is 0 Å². The standard InChI is InChI=1S/C13H13N.C12H12N2/c14-13(11-7-3-1-4-8-11)12-9-5-2-6-10-12;13-11-5-1-9(2-6-11)10-3-7-12(14)8-4-10/h1-10,13H,14H2;1-8H,13-14H2. The molecule has 0 unspecified atom stereocenters. The van der Waals surface area contributed by atoms with Crippen LogP contribution in [-0.2, 0) is 0 Å². The highest BCUT2D eigenvalue weighted by molar-refractivity contribution is 5.67. The summed E-state index contributed by atoms with van der Waals surface area (Å²) >= 11 is 0. The van der Waals surface area contributed by atoms with Crippen molar-refractivity contribution < 1.29 is 0 Å². The van der Waals surface area contributed by atoms with Crippen LogP contribution < -0.4 is 17.2 Å². The second-order valence-electron chi connectivity index (χ2n) is 6.54. The minimum Gasteiger partial charge on any atom is -0.399 e. The summed E-state index contributed by atoms with van der Waals surface area (Å²) in [7, 11) is 0. The molecule has 0 aliphatic heterocycles. The molecular formula is C25H25N3. The largest absolute Gasteiger partial charge is 0.399 e. The highest BCUT2D eigenvalue weighted by atomic mass is 14.6. The second kappa shape index (κ2) is 9.40. The molecule has 0 spiro atoms. The summed E-state index contributed by atoms with van der Waals surface area (Å²) in [5.74, 6) is 0. The molecule has 0 aromatic heterocycles. The average Bonchev–Trinajstić information content (AvgIpc) is 2.76. The number of hydrogen-bond acceptors (Lipinski definition) is 3. The van der Waals surface area contributed by atoms with E-state index in [-0.39, 0.29) is 6.04 Å². The van der Waals surface area contributed by atoms with Crippen molar-refractivity contribution >= 4 is 11.4 Å². The van der Waals surface area contributed by atoms with Crippen LogP contribution in [0.3, 0.4) is 0 Å². The van der Waals surface area contributed by atoms with Gasteiger partial charge in [-0.3, -0.25) is 0 Å². The van der Waals surface area contributed by atoms with Gasteiger partial charge in [-0.25, -0.2) is 0 Å². The Kier molecular flexibility index (Phi) is 6.45. The molecule has 140 valence electrons. The van der Waals surface area contributed by atoms with Crippen molar-refractivity contribution in [3.8, 4) is 11.1 Å². The lowest BCUT2D eigenvalue weighted by molar-refractivity contribution is 0.871. The first-order chi connectivity index (χ1) is 13.6. The number of nitrogen functional groups attached to an aromatic ring is 2. The maximum Gasteiger partial charge on any atom is 0.0551 e. The predicted octanol–water partition coefficient (Wildman–Crippen LogP) is 5.25. The zero-order valence-corrected chi connectivity index (χ0v) is 15.7. The number of anilines is 2. The van der Waals surface area contributed by atoms with E-state index in [2.05, 4.69) is 24.3 Å². The van der Waals surface area contributed by atoms with Gasteiger partial charge in [0.15, 0.2) is 0 Å². The molecule has 4 aromatic rings. The monoisotopic (exact) mass is 367 g/mol. The van der Waals surface area contributed by atoms with Gasteiger partial charge in [0, 0.05) is 11.4 Å². The Labute approximate surface area is 166 Å². The van der Waals surface area contributed by atoms with E-state index in [1.54, 1.807) is 0 Å². The van der Waals surface area contributed by atoms with Gasteiger partial charge in [-0.05, 0) is 46.5 Å². The fourth-order valence-corrected chi connectivity index (χ4v) is 2.86. The number of nitrogens with two attached hydrogens (primary N) is 3. The molecule has 0 fully saturated rings. The van der Waals surface area contributed by atoms with Crippen LogP contribution in [0.15, 0.2) is 109 Å². The topological polar surface area (TPSA) is 78.1 Å². The van der Waals surface area contributed by atoms with E-state index in [0.717, 1.165) is 33.6 Å². The molecule has 4 rings (SSSR count). The van der Waals surface area contributed by atoms with Crippen molar-refractivity contribution in [2.75, 3.05) is 11.5 Å². The van der Waals surface area contributed by atoms with Gasteiger partial charge in [0.25, 0.3) is 0 Å². The van der Waals surface area contributed by atoms with Gasteiger partial charge < -0.3 is 17.2 Å². The van der Waals surface area contributed by atoms with E-state index in [1.807, 2.05) is 84.9 Å². The highest BCUT2D eigenvalue weighted by Gasteiger charge is 2.06. The van der Waals surface area contributed by atoms with Crippen LogP contribution in [0, 0.1) is 0 Å². The fraction of sp³-hybridized carbons (Fsp3) is 0.0400. The molecule has 3 heteroatoms. The summed E-state index contributed by atoms with van der Waals surface area (Å²) < 4.78 is 0. The molecule has 0 saturated heterocycles. The van der Waals surface area contributed by atoms with Crippen molar-refractivity contribution in [2.45, 2.75) is 6.04 Å². The molecule has 0 heterocycles. The Morgan fingerprint density at radius 3 is 1.07 bits per heavy atom. The predicted molar refractivity (Wildman–Crippen MR) is 120 cm³/mol. The molecule has 0 bridgehead atoms. The van der Waals surface area contributed by atoms with Crippen LogP contribution in [0.1, 0.15) is 17.2 Å². The van der Waals surface area contributed by atoms with Crippen LogP contribution in [-0.4, -0.2) is 0 Å². The normalized spacial score (nSPS) is 10.2. The maximum atomic E-state index is 6.12. The molecule has 0 radical (unpaired) electrons. The van der Waals surface area contributed by atoms with Crippen LogP contribution >= 0.6 is 0 Å². The molecule has 0 saturated carbocycles. The molecule has 0 atom stereocenters. The smallest absolute Gasteiger partial charge is 0.0551 e. The SMILES string of the molecule is NC(c1ccccc1)c1ccccc1.Nc1ccc(-c2ccc(N)cc2)cc1. The fourth-order valence-electron chi connectivity index (χ4n) is 2.86. The summed E-state index contributed by atoms with van der Waals surface area (Å²) in [5.41, 5.74) is 23.5. The lowest BCUT2D eigenvalue weighted by Gasteiger charge is -2.11. The van der Waals surface area contributed by atoms with E-state index in [9.17, 15) is 0 Å². The van der Waals surface area contributed by atoms with Crippen LogP contribution in [0.25, 0.3) is 11.1 Å². The third kappa shape index (κ3) is 5.22. The molecule has 3 nitrogen and oxygen atoms in total. The Bertz CT molecular complexity index is 881. The zero-order valence-electron chi connectivity index (χ0n) is 15.7. The third-order valence-electron chi connectivity index (χ3n) is 4.47. The van der Waals surface area contributed by atoms with E-state index in [0.29, 0.717) is 0 Å². The summed E-state index contributed by atoms with van der Waals surface area (Å²) in [6, 6.07) is 35.8. The summed E-state index contributed by atoms with van der Waals surface area (Å²) in [6.45, 7) is 0. The first-order valence-electron chi connectivity index (χ1n) is 9.20. The molecule has 28 heavy (non-hydrogen) atoms. The molecule has 0 amide bonds. The lowest BCUT2D eigenvalue weighted by atomic mass is 10.00. The van der Waals surface area contributed by atoms with Gasteiger partial charge in [-0.2, -0.15) is 0 Å². The van der Waals surface area contributed by atoms with Crippen LogP contribution in [0.5, 0.6) is 0 Å². The van der Waals surface area contributed by atoms with E-state index in [4.69, 9.17) is 17.2 Å². The number of hydrogen-bond donors (Lipinski definition) is 3. The van der Waals surface area contributed by atoms with Gasteiger partial charge in [0.05, 0.1) is 6.04 Å². The molecular weight excluding hydrogens is 342 g/mol. The first kappa shape index (κ1) is 19.2. The number of rotatable bonds is 3. The maximum absolute atomic E-state index is 6.12. The summed E-state index contributed by atoms with van der Waals surface area (Å²) in [5, 5.41) is 0. The van der Waals surface area contributed by atoms with E-state index >= 15 is 0 Å². The first-order valence-corrected chi connectivity index (χ1v) is 9.20. The third-order valence-corrected chi connectivity index (χ3v) is 4.47. The zero-order chi connectivity index (χ0) is 19.8. The van der Waals surface area contributed by atoms with Gasteiger partial charge in [0.1, 0.15) is 0 Å². The van der Waals surface area contributed by atoms with Crippen molar-refractivity contribution in [3.05, 3.63) is 120 Å². The Hall–Kier alpha value is -3.56. The number of benzene rings is 4. The molecule has 6 N–H and O–H groups in total. The Morgan fingerprint density at radius 1 is 0.429 bits per heavy atom. The average molecular weight is 367 g/mol. The quantitative estimate of drug-likeness (QED) is 0.433. The van der Waals surface area contributed by atoms with Gasteiger partial charge >= 0.3 is 0 Å². The van der Waals surface area contributed by atoms with Crippen LogP contribution in [0.2, 0.25) is 0 Å². The summed E-state index contributed by atoms with van der Waals surface area (Å²) in [6.07, 6.45) is 0. The lowest BCUT2D eigenvalue weighted by Crippen LogP contribution is -2.11. The van der Waals surface area contributed by atoms with Gasteiger partial charge in [-0.15, -0.1) is 0 Å². The van der Waals surface area contributed by atoms with E-state index < -0.39 is 0 Å². The second-order valence-corrected chi connectivity index (χ2v) is 6.54. The van der Waals surface area contributed by atoms with Crippen molar-refractivity contribution in [2.24, 2.45) is 5.73 Å². The minimum absolute atomic E-state index is 0.0163. The molecule has 0 aliphatic rings. The Balaban J connectivity index is 0.000000161. The minimum atomic E-state index is -0.0163. The van der Waals surface area contributed by atoms with Gasteiger partial charge in [-0.1, -0.05) is 84.9 Å². The van der Waals surface area contributed by atoms with E-state index in [1.165, 1.54) is 0 Å². The van der Waals surface area contributed by atoms with Crippen molar-refractivity contribution in [1.82, 2.24) is 0 Å². The Morgan fingerprint density at radius 2 is 0.750 bits per heavy atom. The van der Waals surface area contributed by atoms with Gasteiger partial charge in [0.2, 0.25) is 0 Å². The van der Waals surface area contributed by atoms with Crippen molar-refractivity contribution in [3.63, 3.8) is 0 Å². The molecule has 4 aromatic carbocycles. The highest BCUT2D eigenvalue weighted by Crippen LogP contribution is 2.21. The van der Waals surface area contributed by atoms with Crippen LogP contribution in [0.4, 0.5) is 11.4 Å². The molecule has 0 aliphatic carbocycles. The summed E-state index contributed by atoms with van der Waals surface area (Å²) in [4.78, 5) is 0.